The summed E-state index contributed by atoms with van der Waals surface area (Å²) < 4.78 is 5.20. The van der Waals surface area contributed by atoms with Gasteiger partial charge in [0.15, 0.2) is 0 Å². The number of carbonyl (C=O) groups excluding carboxylic acids is 3. The normalized spacial score (nSPS) is 12.2. The van der Waals surface area contributed by atoms with E-state index in [0.29, 0.717) is 13.0 Å². The van der Waals surface area contributed by atoms with E-state index in [-0.39, 0.29) is 18.2 Å². The van der Waals surface area contributed by atoms with Crippen molar-refractivity contribution in [1.29, 1.82) is 0 Å². The van der Waals surface area contributed by atoms with Gasteiger partial charge in [-0.3, -0.25) is 20.4 Å². The Morgan fingerprint density at radius 2 is 1.61 bits per heavy atom. The number of hydrogen-bond acceptors (Lipinski definition) is 5. The molecule has 0 saturated heterocycles. The average Bonchev–Trinajstić information content (AvgIpc) is 2.57. The summed E-state index contributed by atoms with van der Waals surface area (Å²) in [7, 11) is 0. The third-order valence-electron chi connectivity index (χ3n) is 3.66. The lowest BCUT2D eigenvalue weighted by Crippen LogP contribution is -2.53. The van der Waals surface area contributed by atoms with Crippen LogP contribution < -0.4 is 21.9 Å². The molecule has 5 N–H and O–H groups in total. The lowest BCUT2D eigenvalue weighted by atomic mass is 10.0. The molecule has 0 aliphatic rings. The minimum atomic E-state index is -0.820. The fourth-order valence-corrected chi connectivity index (χ4v) is 2.39. The molecule has 28 heavy (non-hydrogen) atoms. The van der Waals surface area contributed by atoms with Crippen LogP contribution in [0.1, 0.15) is 52.2 Å². The van der Waals surface area contributed by atoms with Crippen molar-refractivity contribution >= 4 is 17.9 Å². The highest BCUT2D eigenvalue weighted by Crippen LogP contribution is 2.09. The van der Waals surface area contributed by atoms with Crippen LogP contribution in [0.4, 0.5) is 4.79 Å². The molecule has 156 valence electrons. The summed E-state index contributed by atoms with van der Waals surface area (Å²) in [5, 5.41) is 2.55. The number of amides is 3. The minimum Gasteiger partial charge on any atom is -0.444 e. The number of alkyl carbamates (subject to hydrolysis) is 1. The Labute approximate surface area is 166 Å². The van der Waals surface area contributed by atoms with E-state index in [1.807, 2.05) is 38.1 Å². The van der Waals surface area contributed by atoms with E-state index in [4.69, 9.17) is 10.5 Å². The number of rotatable bonds is 7. The molecule has 0 unspecified atom stereocenters. The van der Waals surface area contributed by atoms with Gasteiger partial charge in [0.1, 0.15) is 11.6 Å². The molecule has 8 heteroatoms. The molecule has 0 aliphatic carbocycles. The van der Waals surface area contributed by atoms with Crippen molar-refractivity contribution in [3.63, 3.8) is 0 Å². The van der Waals surface area contributed by atoms with Gasteiger partial charge in [0.2, 0.25) is 5.91 Å². The minimum absolute atomic E-state index is 0.111. The van der Waals surface area contributed by atoms with Crippen LogP contribution in [0.5, 0.6) is 0 Å². The lowest BCUT2D eigenvalue weighted by molar-refractivity contribution is -0.130. The van der Waals surface area contributed by atoms with Gasteiger partial charge in [-0.15, -0.1) is 0 Å². The Morgan fingerprint density at radius 3 is 2.11 bits per heavy atom. The first-order valence-corrected chi connectivity index (χ1v) is 9.36. The molecule has 0 bridgehead atoms. The highest BCUT2D eigenvalue weighted by atomic mass is 16.6. The van der Waals surface area contributed by atoms with E-state index in [1.165, 1.54) is 0 Å². The smallest absolute Gasteiger partial charge is 0.408 e. The molecule has 0 heterocycles. The highest BCUT2D eigenvalue weighted by molar-refractivity contribution is 5.88. The quantitative estimate of drug-likeness (QED) is 0.527. The predicted octanol–water partition coefficient (Wildman–Crippen LogP) is 1.77. The summed E-state index contributed by atoms with van der Waals surface area (Å²) in [4.78, 5) is 36.5. The molecule has 0 saturated carbocycles. The van der Waals surface area contributed by atoms with E-state index >= 15 is 0 Å². The molecule has 3 amide bonds. The second-order valence-corrected chi connectivity index (χ2v) is 8.06. The monoisotopic (exact) mass is 392 g/mol. The number of nitrogens with one attached hydrogen (secondary N) is 3. The zero-order valence-electron chi connectivity index (χ0n) is 17.3. The molecular weight excluding hydrogens is 360 g/mol. The first-order valence-electron chi connectivity index (χ1n) is 9.36. The summed E-state index contributed by atoms with van der Waals surface area (Å²) in [6.45, 7) is 9.52. The van der Waals surface area contributed by atoms with Gasteiger partial charge in [-0.05, 0) is 44.2 Å². The zero-order chi connectivity index (χ0) is 21.3. The second-order valence-electron chi connectivity index (χ2n) is 8.06. The standard InChI is InChI=1S/C20H32N4O4/c1-13(2)10-16(22-19(27)28-20(3,4)5)18(26)24-23-17(25)11-14-6-8-15(12-21)9-7-14/h6-9,13,16H,10-12,21H2,1-5H3,(H,22,27)(H,23,25)(H,24,26)/t16-/m1/s1. The van der Waals surface area contributed by atoms with E-state index in [0.717, 1.165) is 11.1 Å². The van der Waals surface area contributed by atoms with Crippen LogP contribution >= 0.6 is 0 Å². The summed E-state index contributed by atoms with van der Waals surface area (Å²) in [5.41, 5.74) is 11.4. The maximum Gasteiger partial charge on any atom is 0.408 e. The van der Waals surface area contributed by atoms with Crippen molar-refractivity contribution in [2.45, 2.75) is 65.6 Å². The van der Waals surface area contributed by atoms with E-state index in [2.05, 4.69) is 16.2 Å². The van der Waals surface area contributed by atoms with Crippen LogP contribution in [0.15, 0.2) is 24.3 Å². The Kier molecular flexibility index (Phi) is 8.91. The van der Waals surface area contributed by atoms with E-state index in [1.54, 1.807) is 20.8 Å². The highest BCUT2D eigenvalue weighted by Gasteiger charge is 2.25. The molecule has 1 aromatic carbocycles. The summed E-state index contributed by atoms with van der Waals surface area (Å²) in [5.74, 6) is -0.719. The van der Waals surface area contributed by atoms with Crippen molar-refractivity contribution in [1.82, 2.24) is 16.2 Å². The number of hydrogen-bond donors (Lipinski definition) is 4. The van der Waals surface area contributed by atoms with Crippen LogP contribution in [0.3, 0.4) is 0 Å². The molecule has 0 fully saturated rings. The number of ether oxygens (including phenoxy) is 1. The van der Waals surface area contributed by atoms with Crippen LogP contribution in [-0.4, -0.2) is 29.6 Å². The van der Waals surface area contributed by atoms with Gasteiger partial charge in [-0.1, -0.05) is 38.1 Å². The Balaban J connectivity index is 2.58. The lowest BCUT2D eigenvalue weighted by Gasteiger charge is -2.24. The average molecular weight is 393 g/mol. The molecule has 1 atom stereocenters. The number of benzene rings is 1. The molecule has 0 aromatic heterocycles. The topological polar surface area (TPSA) is 123 Å². The third kappa shape index (κ3) is 9.36. The zero-order valence-corrected chi connectivity index (χ0v) is 17.3. The Hall–Kier alpha value is -2.61. The Bertz CT molecular complexity index is 666. The van der Waals surface area contributed by atoms with Crippen molar-refractivity contribution in [2.24, 2.45) is 11.7 Å². The van der Waals surface area contributed by atoms with Crippen LogP contribution in [0.2, 0.25) is 0 Å². The summed E-state index contributed by atoms with van der Waals surface area (Å²) >= 11 is 0. The van der Waals surface area contributed by atoms with E-state index in [9.17, 15) is 14.4 Å². The number of carbonyl (C=O) groups is 3. The molecule has 0 radical (unpaired) electrons. The molecule has 0 aliphatic heterocycles. The first-order chi connectivity index (χ1) is 13.0. The predicted molar refractivity (Wildman–Crippen MR) is 107 cm³/mol. The number of hydrazine groups is 1. The largest absolute Gasteiger partial charge is 0.444 e. The van der Waals surface area contributed by atoms with Crippen molar-refractivity contribution in [3.05, 3.63) is 35.4 Å². The molecule has 1 aromatic rings. The first kappa shape index (κ1) is 23.4. The Morgan fingerprint density at radius 1 is 1.04 bits per heavy atom. The van der Waals surface area contributed by atoms with Crippen molar-refractivity contribution in [3.8, 4) is 0 Å². The molecule has 0 spiro atoms. The van der Waals surface area contributed by atoms with Crippen LogP contribution in [0.25, 0.3) is 0 Å². The van der Waals surface area contributed by atoms with Crippen LogP contribution in [-0.2, 0) is 27.3 Å². The summed E-state index contributed by atoms with van der Waals surface area (Å²) in [6.07, 6.45) is -0.166. The fraction of sp³-hybridized carbons (Fsp3) is 0.550. The van der Waals surface area contributed by atoms with E-state index < -0.39 is 23.6 Å². The SMILES string of the molecule is CC(C)C[C@@H](NC(=O)OC(C)(C)C)C(=O)NNC(=O)Cc1ccc(CN)cc1. The van der Waals surface area contributed by atoms with Gasteiger partial charge in [-0.2, -0.15) is 0 Å². The van der Waals surface area contributed by atoms with Gasteiger partial charge in [0.25, 0.3) is 5.91 Å². The fourth-order valence-electron chi connectivity index (χ4n) is 2.39. The second kappa shape index (κ2) is 10.7. The van der Waals surface area contributed by atoms with Gasteiger partial charge in [-0.25, -0.2) is 4.79 Å². The van der Waals surface area contributed by atoms with Gasteiger partial charge < -0.3 is 15.8 Å². The number of nitrogens with two attached hydrogens (primary N) is 1. The molecule has 1 rings (SSSR count). The van der Waals surface area contributed by atoms with Crippen molar-refractivity contribution < 1.29 is 19.1 Å². The van der Waals surface area contributed by atoms with Gasteiger partial charge >= 0.3 is 6.09 Å². The van der Waals surface area contributed by atoms with Crippen molar-refractivity contribution in [2.75, 3.05) is 0 Å². The van der Waals surface area contributed by atoms with Gasteiger partial charge in [0, 0.05) is 6.54 Å². The van der Waals surface area contributed by atoms with Crippen LogP contribution in [0, 0.1) is 5.92 Å². The third-order valence-corrected chi connectivity index (χ3v) is 3.66. The summed E-state index contributed by atoms with van der Waals surface area (Å²) in [6, 6.07) is 6.51. The van der Waals surface area contributed by atoms with Gasteiger partial charge in [0.05, 0.1) is 6.42 Å². The molecule has 8 nitrogen and oxygen atoms in total. The molecular formula is C20H32N4O4. The maximum absolute atomic E-state index is 12.4. The maximum atomic E-state index is 12.4.